The van der Waals surface area contributed by atoms with Crippen LogP contribution in [0.2, 0.25) is 0 Å². The van der Waals surface area contributed by atoms with Gasteiger partial charge < -0.3 is 14.8 Å². The van der Waals surface area contributed by atoms with Crippen molar-refractivity contribution in [3.05, 3.63) is 65.5 Å². The number of rotatable bonds is 7. The minimum atomic E-state index is -0.931. The summed E-state index contributed by atoms with van der Waals surface area (Å²) >= 11 is 0. The number of hydrogen-bond donors (Lipinski definition) is 1. The Kier molecular flexibility index (Phi) is 6.51. The molecule has 0 saturated carbocycles. The summed E-state index contributed by atoms with van der Waals surface area (Å²) in [5.41, 5.74) is 1.39. The second kappa shape index (κ2) is 8.82. The van der Waals surface area contributed by atoms with Crippen LogP contribution in [-0.2, 0) is 27.3 Å². The largest absolute Gasteiger partial charge is 0.494 e. The van der Waals surface area contributed by atoms with Crippen LogP contribution in [-0.4, -0.2) is 25.1 Å². The number of methoxy groups -OCH3 is 1. The lowest BCUT2D eigenvalue weighted by Gasteiger charge is -2.14. The number of carbonyl (C=O) groups is 2. The van der Waals surface area contributed by atoms with E-state index in [0.29, 0.717) is 12.1 Å². The first kappa shape index (κ1) is 18.4. The van der Waals surface area contributed by atoms with Crippen LogP contribution < -0.4 is 10.1 Å². The first-order valence-electron chi connectivity index (χ1n) is 7.83. The van der Waals surface area contributed by atoms with Crippen LogP contribution in [0.5, 0.6) is 5.75 Å². The molecule has 1 atom stereocenters. The molecular formula is C19H20FNO4. The van der Waals surface area contributed by atoms with Crippen LogP contribution in [0.4, 0.5) is 4.39 Å². The average molecular weight is 345 g/mol. The van der Waals surface area contributed by atoms with Crippen molar-refractivity contribution in [2.75, 3.05) is 7.11 Å². The van der Waals surface area contributed by atoms with E-state index in [4.69, 9.17) is 9.47 Å². The molecule has 132 valence electrons. The summed E-state index contributed by atoms with van der Waals surface area (Å²) in [5.74, 6) is -1.45. The monoisotopic (exact) mass is 345 g/mol. The van der Waals surface area contributed by atoms with Crippen molar-refractivity contribution in [3.63, 3.8) is 0 Å². The van der Waals surface area contributed by atoms with E-state index in [9.17, 15) is 14.0 Å². The Morgan fingerprint density at radius 2 is 1.84 bits per heavy atom. The minimum absolute atomic E-state index is 0.103. The summed E-state index contributed by atoms with van der Waals surface area (Å²) in [6.45, 7) is 1.85. The van der Waals surface area contributed by atoms with Crippen LogP contribution >= 0.6 is 0 Å². The Labute approximate surface area is 145 Å². The molecule has 0 fully saturated rings. The standard InChI is InChI=1S/C19H20FNO4/c1-13(19(23)21-12-14-6-4-3-5-7-14)25-18(22)11-15-8-9-17(24-2)16(20)10-15/h3-10,13H,11-12H2,1-2H3,(H,21,23)/t13-/m1/s1. The maximum atomic E-state index is 13.6. The van der Waals surface area contributed by atoms with E-state index in [2.05, 4.69) is 5.32 Å². The van der Waals surface area contributed by atoms with E-state index >= 15 is 0 Å². The highest BCUT2D eigenvalue weighted by atomic mass is 19.1. The van der Waals surface area contributed by atoms with Gasteiger partial charge in [0.1, 0.15) is 0 Å². The van der Waals surface area contributed by atoms with E-state index in [1.807, 2.05) is 30.3 Å². The molecule has 0 heterocycles. The molecule has 0 aliphatic carbocycles. The van der Waals surface area contributed by atoms with Gasteiger partial charge in [0.15, 0.2) is 17.7 Å². The molecule has 0 saturated heterocycles. The number of ether oxygens (including phenoxy) is 2. The van der Waals surface area contributed by atoms with Gasteiger partial charge in [-0.1, -0.05) is 36.4 Å². The van der Waals surface area contributed by atoms with Crippen molar-refractivity contribution in [2.45, 2.75) is 26.0 Å². The first-order valence-corrected chi connectivity index (χ1v) is 7.83. The van der Waals surface area contributed by atoms with Crippen LogP contribution in [0.25, 0.3) is 0 Å². The molecule has 0 unspecified atom stereocenters. The third-order valence-electron chi connectivity index (χ3n) is 3.55. The SMILES string of the molecule is COc1ccc(CC(=O)O[C@H](C)C(=O)NCc2ccccc2)cc1F. The fourth-order valence-corrected chi connectivity index (χ4v) is 2.21. The maximum Gasteiger partial charge on any atom is 0.311 e. The third kappa shape index (κ3) is 5.60. The van der Waals surface area contributed by atoms with Gasteiger partial charge in [-0.2, -0.15) is 0 Å². The number of benzene rings is 2. The molecule has 6 heteroatoms. The molecular weight excluding hydrogens is 325 g/mol. The van der Waals surface area contributed by atoms with Crippen molar-refractivity contribution < 1.29 is 23.5 Å². The number of amides is 1. The van der Waals surface area contributed by atoms with E-state index in [-0.39, 0.29) is 12.2 Å². The molecule has 2 rings (SSSR count). The summed E-state index contributed by atoms with van der Waals surface area (Å²) in [4.78, 5) is 23.9. The van der Waals surface area contributed by atoms with Gasteiger partial charge in [-0.3, -0.25) is 9.59 Å². The average Bonchev–Trinajstić information content (AvgIpc) is 2.60. The minimum Gasteiger partial charge on any atom is -0.494 e. The summed E-state index contributed by atoms with van der Waals surface area (Å²) in [5, 5.41) is 2.70. The molecule has 5 nitrogen and oxygen atoms in total. The predicted molar refractivity (Wildman–Crippen MR) is 90.5 cm³/mol. The van der Waals surface area contributed by atoms with Crippen molar-refractivity contribution >= 4 is 11.9 Å². The van der Waals surface area contributed by atoms with Gasteiger partial charge >= 0.3 is 5.97 Å². The van der Waals surface area contributed by atoms with Crippen LogP contribution in [0, 0.1) is 5.82 Å². The number of hydrogen-bond acceptors (Lipinski definition) is 4. The molecule has 0 radical (unpaired) electrons. The van der Waals surface area contributed by atoms with E-state index < -0.39 is 23.8 Å². The zero-order valence-corrected chi connectivity index (χ0v) is 14.1. The molecule has 1 N–H and O–H groups in total. The van der Waals surface area contributed by atoms with E-state index in [1.54, 1.807) is 6.07 Å². The van der Waals surface area contributed by atoms with Crippen molar-refractivity contribution in [2.24, 2.45) is 0 Å². The Hall–Kier alpha value is -2.89. The zero-order chi connectivity index (χ0) is 18.2. The van der Waals surface area contributed by atoms with Gasteiger partial charge in [-0.05, 0) is 30.2 Å². The maximum absolute atomic E-state index is 13.6. The first-order chi connectivity index (χ1) is 12.0. The predicted octanol–water partition coefficient (Wildman–Crippen LogP) is 2.62. The highest BCUT2D eigenvalue weighted by Gasteiger charge is 2.18. The molecule has 0 aliphatic rings. The molecule has 0 bridgehead atoms. The highest BCUT2D eigenvalue weighted by molar-refractivity contribution is 5.83. The number of nitrogens with one attached hydrogen (secondary N) is 1. The van der Waals surface area contributed by atoms with Gasteiger partial charge in [0.05, 0.1) is 13.5 Å². The fraction of sp³-hybridized carbons (Fsp3) is 0.263. The van der Waals surface area contributed by atoms with Gasteiger partial charge in [0.25, 0.3) is 5.91 Å². The number of halogens is 1. The summed E-state index contributed by atoms with van der Waals surface area (Å²) in [7, 11) is 1.36. The molecule has 2 aromatic rings. The van der Waals surface area contributed by atoms with E-state index in [1.165, 1.54) is 26.2 Å². The van der Waals surface area contributed by atoms with Gasteiger partial charge in [-0.25, -0.2) is 4.39 Å². The van der Waals surface area contributed by atoms with Gasteiger partial charge in [0, 0.05) is 6.54 Å². The zero-order valence-electron chi connectivity index (χ0n) is 14.1. The summed E-state index contributed by atoms with van der Waals surface area (Å²) in [6, 6.07) is 13.6. The normalized spacial score (nSPS) is 11.5. The van der Waals surface area contributed by atoms with Crippen LogP contribution in [0.15, 0.2) is 48.5 Å². The molecule has 0 spiro atoms. The number of esters is 1. The van der Waals surface area contributed by atoms with Crippen LogP contribution in [0.1, 0.15) is 18.1 Å². The topological polar surface area (TPSA) is 64.6 Å². The van der Waals surface area contributed by atoms with E-state index in [0.717, 1.165) is 5.56 Å². The molecule has 1 amide bonds. The fourth-order valence-electron chi connectivity index (χ4n) is 2.21. The van der Waals surface area contributed by atoms with Crippen molar-refractivity contribution in [3.8, 4) is 5.75 Å². The van der Waals surface area contributed by atoms with Crippen LogP contribution in [0.3, 0.4) is 0 Å². The Bertz CT molecular complexity index is 733. The van der Waals surface area contributed by atoms with Gasteiger partial charge in [-0.15, -0.1) is 0 Å². The lowest BCUT2D eigenvalue weighted by molar-refractivity contribution is -0.154. The van der Waals surface area contributed by atoms with Crippen molar-refractivity contribution in [1.29, 1.82) is 0 Å². The third-order valence-corrected chi connectivity index (χ3v) is 3.55. The molecule has 0 aromatic heterocycles. The molecule has 2 aromatic carbocycles. The highest BCUT2D eigenvalue weighted by Crippen LogP contribution is 2.18. The lowest BCUT2D eigenvalue weighted by atomic mass is 10.1. The summed E-state index contributed by atoms with van der Waals surface area (Å²) < 4.78 is 23.5. The second-order valence-electron chi connectivity index (χ2n) is 5.48. The second-order valence-corrected chi connectivity index (χ2v) is 5.48. The Morgan fingerprint density at radius 3 is 2.48 bits per heavy atom. The quantitative estimate of drug-likeness (QED) is 0.784. The van der Waals surface area contributed by atoms with Crippen molar-refractivity contribution in [1.82, 2.24) is 5.32 Å². The smallest absolute Gasteiger partial charge is 0.311 e. The molecule has 0 aliphatic heterocycles. The Balaban J connectivity index is 1.82. The van der Waals surface area contributed by atoms with Gasteiger partial charge in [0.2, 0.25) is 0 Å². The Morgan fingerprint density at radius 1 is 1.12 bits per heavy atom. The molecule has 25 heavy (non-hydrogen) atoms. The lowest BCUT2D eigenvalue weighted by Crippen LogP contribution is -2.35. The summed E-state index contributed by atoms with van der Waals surface area (Å²) in [6.07, 6.45) is -1.06. The number of carbonyl (C=O) groups excluding carboxylic acids is 2.